The van der Waals surface area contributed by atoms with E-state index in [0.29, 0.717) is 0 Å². The second-order valence-electron chi connectivity index (χ2n) is 5.21. The van der Waals surface area contributed by atoms with Crippen LogP contribution in [0.2, 0.25) is 0 Å². The highest BCUT2D eigenvalue weighted by Gasteiger charge is 2.26. The molecule has 3 aromatic rings. The van der Waals surface area contributed by atoms with Crippen LogP contribution in [-0.4, -0.2) is 17.7 Å². The number of hydrogen-bond acceptors (Lipinski definition) is 4. The first-order valence-electron chi connectivity index (χ1n) is 6.84. The molecule has 0 fully saturated rings. The van der Waals surface area contributed by atoms with Gasteiger partial charge in [-0.15, -0.1) is 22.7 Å². The van der Waals surface area contributed by atoms with Gasteiger partial charge < -0.3 is 10.4 Å². The first-order valence-corrected chi connectivity index (χ1v) is 8.54. The Morgan fingerprint density at radius 3 is 2.82 bits per heavy atom. The van der Waals surface area contributed by atoms with Crippen molar-refractivity contribution in [1.82, 2.24) is 5.32 Å². The number of nitrogens with one attached hydrogen (secondary N) is 2. The van der Waals surface area contributed by atoms with E-state index in [4.69, 9.17) is 0 Å². The predicted molar refractivity (Wildman–Crippen MR) is 92.7 cm³/mol. The molecule has 1 atom stereocenters. The molecule has 2 amide bonds. The summed E-state index contributed by atoms with van der Waals surface area (Å²) < 4.78 is 1.13. The topological polar surface area (TPSA) is 61.4 Å². The van der Waals surface area contributed by atoms with Crippen LogP contribution >= 0.6 is 22.7 Å². The van der Waals surface area contributed by atoms with Crippen molar-refractivity contribution >= 4 is 43.8 Å². The molecule has 0 aliphatic heterocycles. The fourth-order valence-electron chi connectivity index (χ4n) is 2.09. The fraction of sp³-hybridized carbons (Fsp3) is 0.188. The lowest BCUT2D eigenvalue weighted by molar-refractivity contribution is 0.0638. The number of hydrogen-bond donors (Lipinski definition) is 3. The molecule has 0 saturated carbocycles. The lowest BCUT2D eigenvalue weighted by Crippen LogP contribution is -2.40. The number of rotatable bonds is 4. The highest BCUT2D eigenvalue weighted by atomic mass is 32.1. The Hall–Kier alpha value is -1.89. The Bertz CT molecular complexity index is 745. The van der Waals surface area contributed by atoms with Gasteiger partial charge in [-0.05, 0) is 42.0 Å². The quantitative estimate of drug-likeness (QED) is 0.676. The van der Waals surface area contributed by atoms with Crippen LogP contribution < -0.4 is 10.6 Å². The number of fused-ring (bicyclic) bond motifs is 1. The number of carbonyl (C=O) groups excluding carboxylic acids is 1. The maximum absolute atomic E-state index is 11.8. The van der Waals surface area contributed by atoms with Gasteiger partial charge in [-0.25, -0.2) is 4.79 Å². The van der Waals surface area contributed by atoms with E-state index in [2.05, 4.69) is 10.6 Å². The Labute approximate surface area is 136 Å². The molecule has 3 N–H and O–H groups in total. The molecule has 0 bridgehead atoms. The number of thiophene rings is 2. The van der Waals surface area contributed by atoms with E-state index in [-0.39, 0.29) is 12.6 Å². The zero-order valence-electron chi connectivity index (χ0n) is 12.0. The lowest BCUT2D eigenvalue weighted by atomic mass is 10.0. The SMILES string of the molecule is CC(O)(CNC(=O)Nc1cccs1)c1cc2ccccc2s1. The average Bonchev–Trinajstić information content (AvgIpc) is 3.14. The largest absolute Gasteiger partial charge is 0.383 e. The highest BCUT2D eigenvalue weighted by molar-refractivity contribution is 7.19. The number of urea groups is 1. The first-order chi connectivity index (χ1) is 10.5. The highest BCUT2D eigenvalue weighted by Crippen LogP contribution is 2.32. The Kier molecular flexibility index (Phi) is 4.15. The third-order valence-electron chi connectivity index (χ3n) is 3.31. The molecule has 0 radical (unpaired) electrons. The Balaban J connectivity index is 1.66. The summed E-state index contributed by atoms with van der Waals surface area (Å²) in [6, 6.07) is 13.3. The number of benzene rings is 1. The maximum Gasteiger partial charge on any atom is 0.319 e. The van der Waals surface area contributed by atoms with Gasteiger partial charge in [0.05, 0.1) is 11.5 Å². The number of aliphatic hydroxyl groups is 1. The summed E-state index contributed by atoms with van der Waals surface area (Å²) in [7, 11) is 0. The molecule has 2 aromatic heterocycles. The third kappa shape index (κ3) is 3.30. The van der Waals surface area contributed by atoms with Crippen LogP contribution in [0.3, 0.4) is 0 Å². The summed E-state index contributed by atoms with van der Waals surface area (Å²) in [5.74, 6) is 0. The minimum atomic E-state index is -1.10. The predicted octanol–water partition coefficient (Wildman–Crippen LogP) is 3.99. The molecule has 1 unspecified atom stereocenters. The summed E-state index contributed by atoms with van der Waals surface area (Å²) in [6.45, 7) is 1.86. The van der Waals surface area contributed by atoms with Crippen LogP contribution in [-0.2, 0) is 5.60 Å². The second-order valence-corrected chi connectivity index (χ2v) is 7.24. The molecule has 2 heterocycles. The van der Waals surface area contributed by atoms with Crippen molar-refractivity contribution in [3.63, 3.8) is 0 Å². The molecule has 0 aliphatic rings. The molecule has 22 heavy (non-hydrogen) atoms. The minimum Gasteiger partial charge on any atom is -0.383 e. The molecule has 1 aromatic carbocycles. The van der Waals surface area contributed by atoms with Crippen LogP contribution in [0.25, 0.3) is 10.1 Å². The van der Waals surface area contributed by atoms with Crippen molar-refractivity contribution in [3.05, 3.63) is 52.7 Å². The van der Waals surface area contributed by atoms with Gasteiger partial charge in [-0.1, -0.05) is 18.2 Å². The molecule has 0 aliphatic carbocycles. The maximum atomic E-state index is 11.8. The van der Waals surface area contributed by atoms with E-state index in [1.54, 1.807) is 18.3 Å². The number of anilines is 1. The summed E-state index contributed by atoms with van der Waals surface area (Å²) >= 11 is 2.99. The van der Waals surface area contributed by atoms with Gasteiger partial charge >= 0.3 is 6.03 Å². The normalized spacial score (nSPS) is 13.7. The third-order valence-corrected chi connectivity index (χ3v) is 5.46. The zero-order valence-corrected chi connectivity index (χ0v) is 13.6. The van der Waals surface area contributed by atoms with Crippen molar-refractivity contribution < 1.29 is 9.90 Å². The van der Waals surface area contributed by atoms with Crippen molar-refractivity contribution in [2.75, 3.05) is 11.9 Å². The fourth-order valence-corrected chi connectivity index (χ4v) is 3.81. The van der Waals surface area contributed by atoms with Crippen LogP contribution in [0.5, 0.6) is 0 Å². The van der Waals surface area contributed by atoms with Crippen molar-refractivity contribution in [3.8, 4) is 0 Å². The molecule has 0 spiro atoms. The zero-order chi connectivity index (χ0) is 15.6. The van der Waals surface area contributed by atoms with Gasteiger partial charge in [0.25, 0.3) is 0 Å². The van der Waals surface area contributed by atoms with Crippen molar-refractivity contribution in [2.24, 2.45) is 0 Å². The standard InChI is InChI=1S/C16H16N2O2S2/c1-16(20,10-17-15(19)18-14-7-4-8-21-14)13-9-11-5-2-3-6-12(11)22-13/h2-9,20H,10H2,1H3,(H2,17,18,19). The van der Waals surface area contributed by atoms with Gasteiger partial charge in [-0.3, -0.25) is 5.32 Å². The molecular formula is C16H16N2O2S2. The van der Waals surface area contributed by atoms with Gasteiger partial charge in [0.15, 0.2) is 0 Å². The van der Waals surface area contributed by atoms with Gasteiger partial charge in [0, 0.05) is 9.58 Å². The van der Waals surface area contributed by atoms with E-state index < -0.39 is 5.60 Å². The van der Waals surface area contributed by atoms with Gasteiger partial charge in [0.1, 0.15) is 5.60 Å². The Morgan fingerprint density at radius 2 is 2.09 bits per heavy atom. The number of amides is 2. The molecular weight excluding hydrogens is 316 g/mol. The van der Waals surface area contributed by atoms with E-state index >= 15 is 0 Å². The van der Waals surface area contributed by atoms with E-state index in [1.807, 2.05) is 47.8 Å². The van der Waals surface area contributed by atoms with E-state index in [9.17, 15) is 9.90 Å². The Morgan fingerprint density at radius 1 is 1.27 bits per heavy atom. The monoisotopic (exact) mass is 332 g/mol. The smallest absolute Gasteiger partial charge is 0.319 e. The summed E-state index contributed by atoms with van der Waals surface area (Å²) in [6.07, 6.45) is 0. The average molecular weight is 332 g/mol. The molecule has 114 valence electrons. The van der Waals surface area contributed by atoms with Gasteiger partial charge in [-0.2, -0.15) is 0 Å². The van der Waals surface area contributed by atoms with E-state index in [1.165, 1.54) is 11.3 Å². The number of carbonyl (C=O) groups is 1. The van der Waals surface area contributed by atoms with Crippen LogP contribution in [0.1, 0.15) is 11.8 Å². The second kappa shape index (κ2) is 6.08. The van der Waals surface area contributed by atoms with Crippen LogP contribution in [0.4, 0.5) is 9.80 Å². The van der Waals surface area contributed by atoms with Crippen LogP contribution in [0.15, 0.2) is 47.8 Å². The molecule has 3 rings (SSSR count). The molecule has 0 saturated heterocycles. The lowest BCUT2D eigenvalue weighted by Gasteiger charge is -2.22. The molecule has 6 heteroatoms. The van der Waals surface area contributed by atoms with Crippen molar-refractivity contribution in [1.29, 1.82) is 0 Å². The van der Waals surface area contributed by atoms with Crippen molar-refractivity contribution in [2.45, 2.75) is 12.5 Å². The molecule has 4 nitrogen and oxygen atoms in total. The minimum absolute atomic E-state index is 0.150. The summed E-state index contributed by atoms with van der Waals surface area (Å²) in [5, 5.41) is 19.9. The summed E-state index contributed by atoms with van der Waals surface area (Å²) in [5.41, 5.74) is -1.10. The first kappa shape index (κ1) is 15.0. The van der Waals surface area contributed by atoms with E-state index in [0.717, 1.165) is 20.0 Å². The van der Waals surface area contributed by atoms with Gasteiger partial charge in [0.2, 0.25) is 0 Å². The summed E-state index contributed by atoms with van der Waals surface area (Å²) in [4.78, 5) is 12.7. The van der Waals surface area contributed by atoms with Crippen LogP contribution in [0, 0.1) is 0 Å².